The maximum atomic E-state index is 13.5. The summed E-state index contributed by atoms with van der Waals surface area (Å²) in [6.07, 6.45) is 1.70. The van der Waals surface area contributed by atoms with Crippen LogP contribution in [0.5, 0.6) is 11.5 Å². The van der Waals surface area contributed by atoms with Gasteiger partial charge in [0.2, 0.25) is 0 Å². The van der Waals surface area contributed by atoms with Crippen LogP contribution in [0.1, 0.15) is 50.7 Å². The highest BCUT2D eigenvalue weighted by atomic mass is 16.5. The lowest BCUT2D eigenvalue weighted by Crippen LogP contribution is -2.39. The van der Waals surface area contributed by atoms with Gasteiger partial charge < -0.3 is 14.2 Å². The summed E-state index contributed by atoms with van der Waals surface area (Å²) < 4.78 is 16.8. The second-order valence-electron chi connectivity index (χ2n) is 10.0. The maximum Gasteiger partial charge on any atom is 0.315 e. The van der Waals surface area contributed by atoms with Crippen LogP contribution in [0.2, 0.25) is 0 Å². The normalized spacial score (nSPS) is 21.2. The van der Waals surface area contributed by atoms with E-state index in [-0.39, 0.29) is 23.8 Å². The fourth-order valence-electron chi connectivity index (χ4n) is 5.17. The molecule has 6 heteroatoms. The molecule has 1 aliphatic heterocycles. The van der Waals surface area contributed by atoms with Gasteiger partial charge in [0, 0.05) is 47.4 Å². The first-order valence-corrected chi connectivity index (χ1v) is 12.0. The predicted molar refractivity (Wildman–Crippen MR) is 135 cm³/mol. The Hall–Kier alpha value is -3.41. The van der Waals surface area contributed by atoms with Crippen LogP contribution in [0.15, 0.2) is 64.8 Å². The lowest BCUT2D eigenvalue weighted by Gasteiger charge is -2.39. The molecule has 4 rings (SSSR count). The van der Waals surface area contributed by atoms with Crippen LogP contribution < -0.4 is 9.47 Å². The average molecular weight is 476 g/mol. The first-order valence-electron chi connectivity index (χ1n) is 12.0. The quantitative estimate of drug-likeness (QED) is 0.508. The average Bonchev–Trinajstić information content (AvgIpc) is 2.82. The van der Waals surface area contributed by atoms with Gasteiger partial charge in [0.15, 0.2) is 5.78 Å². The first-order chi connectivity index (χ1) is 16.7. The molecule has 0 radical (unpaired) electrons. The summed E-state index contributed by atoms with van der Waals surface area (Å²) >= 11 is 0. The molecule has 1 aliphatic carbocycles. The van der Waals surface area contributed by atoms with Crippen molar-refractivity contribution in [3.8, 4) is 11.5 Å². The zero-order valence-corrected chi connectivity index (χ0v) is 21.1. The van der Waals surface area contributed by atoms with Gasteiger partial charge in [-0.3, -0.25) is 14.6 Å². The minimum absolute atomic E-state index is 0.0254. The number of esters is 1. The van der Waals surface area contributed by atoms with Gasteiger partial charge >= 0.3 is 5.97 Å². The van der Waals surface area contributed by atoms with E-state index >= 15 is 0 Å². The summed E-state index contributed by atoms with van der Waals surface area (Å²) in [6.45, 7) is 6.26. The third-order valence-electron chi connectivity index (χ3n) is 6.81. The molecule has 2 aromatic rings. The van der Waals surface area contributed by atoms with Gasteiger partial charge in [-0.1, -0.05) is 50.2 Å². The summed E-state index contributed by atoms with van der Waals surface area (Å²) in [5, 5.41) is 0. The van der Waals surface area contributed by atoms with Crippen molar-refractivity contribution in [2.75, 3.05) is 20.8 Å². The molecule has 0 saturated carbocycles. The molecule has 0 bridgehead atoms. The van der Waals surface area contributed by atoms with E-state index in [1.54, 1.807) is 20.3 Å². The summed E-state index contributed by atoms with van der Waals surface area (Å²) in [7, 11) is 3.17. The summed E-state index contributed by atoms with van der Waals surface area (Å²) in [6, 6.07) is 15.4. The summed E-state index contributed by atoms with van der Waals surface area (Å²) in [5.74, 6) is -0.394. The molecule has 6 nitrogen and oxygen atoms in total. The van der Waals surface area contributed by atoms with Crippen LogP contribution in [0.4, 0.5) is 0 Å². The van der Waals surface area contributed by atoms with Gasteiger partial charge in [-0.05, 0) is 30.4 Å². The molecular weight excluding hydrogens is 442 g/mol. The Morgan fingerprint density at radius 3 is 2.49 bits per heavy atom. The number of aliphatic imine (C=N–C) groups is 1. The number of ketones is 1. The molecule has 1 heterocycles. The number of methoxy groups -OCH3 is 2. The highest BCUT2D eigenvalue weighted by molar-refractivity contribution is 6.09. The van der Waals surface area contributed by atoms with E-state index in [9.17, 15) is 9.59 Å². The van der Waals surface area contributed by atoms with Gasteiger partial charge in [0.1, 0.15) is 17.4 Å². The fourth-order valence-corrected chi connectivity index (χ4v) is 5.17. The van der Waals surface area contributed by atoms with Crippen molar-refractivity contribution in [1.29, 1.82) is 0 Å². The first kappa shape index (κ1) is 24.7. The molecule has 0 saturated heterocycles. The number of carbonyl (C=O) groups is 2. The molecule has 0 aromatic heterocycles. The Morgan fingerprint density at radius 1 is 1.06 bits per heavy atom. The van der Waals surface area contributed by atoms with Crippen molar-refractivity contribution in [3.05, 3.63) is 70.9 Å². The smallest absolute Gasteiger partial charge is 0.315 e. The zero-order chi connectivity index (χ0) is 25.2. The third kappa shape index (κ3) is 5.16. The third-order valence-corrected chi connectivity index (χ3v) is 6.81. The number of hydrogen-bond acceptors (Lipinski definition) is 6. The van der Waals surface area contributed by atoms with Gasteiger partial charge in [0.25, 0.3) is 0 Å². The fraction of sp³-hybridized carbons (Fsp3) is 0.414. The number of Topliss-reactive ketones (excluding diaryl/α,β-unsaturated/α-hetero) is 1. The van der Waals surface area contributed by atoms with Crippen molar-refractivity contribution < 1.29 is 23.8 Å². The van der Waals surface area contributed by atoms with Crippen molar-refractivity contribution >= 4 is 17.5 Å². The van der Waals surface area contributed by atoms with Crippen LogP contribution in [-0.2, 0) is 20.7 Å². The SMILES string of the molecule is COc1ccc([C@H]2C3=C(CC(C)(C)CC3=O)N=C(C)C2C(=O)OCCc2ccccc2)c(OC)c1. The Balaban J connectivity index is 1.72. The molecular formula is C29H33NO5. The number of rotatable bonds is 7. The Kier molecular flexibility index (Phi) is 7.10. The highest BCUT2D eigenvalue weighted by Crippen LogP contribution is 2.50. The summed E-state index contributed by atoms with van der Waals surface area (Å²) in [4.78, 5) is 31.8. The monoisotopic (exact) mass is 475 g/mol. The number of carbonyl (C=O) groups excluding carboxylic acids is 2. The van der Waals surface area contributed by atoms with Crippen LogP contribution in [-0.4, -0.2) is 38.3 Å². The molecule has 0 amide bonds. The molecule has 0 spiro atoms. The molecule has 2 atom stereocenters. The largest absolute Gasteiger partial charge is 0.497 e. The maximum absolute atomic E-state index is 13.5. The molecule has 1 unspecified atom stereocenters. The molecule has 0 fully saturated rings. The number of allylic oxidation sites excluding steroid dienone is 2. The lowest BCUT2D eigenvalue weighted by atomic mass is 9.66. The van der Waals surface area contributed by atoms with E-state index in [0.29, 0.717) is 42.0 Å². The number of ether oxygens (including phenoxy) is 3. The second-order valence-corrected chi connectivity index (χ2v) is 10.0. The van der Waals surface area contributed by atoms with Crippen molar-refractivity contribution in [1.82, 2.24) is 0 Å². The number of benzene rings is 2. The Labute approximate surface area is 207 Å². The van der Waals surface area contributed by atoms with Crippen molar-refractivity contribution in [2.45, 2.75) is 46.0 Å². The number of hydrogen-bond donors (Lipinski definition) is 0. The zero-order valence-electron chi connectivity index (χ0n) is 21.1. The van der Waals surface area contributed by atoms with E-state index in [4.69, 9.17) is 19.2 Å². The Morgan fingerprint density at radius 2 is 1.80 bits per heavy atom. The molecule has 2 aliphatic rings. The van der Waals surface area contributed by atoms with E-state index in [1.807, 2.05) is 49.4 Å². The van der Waals surface area contributed by atoms with Crippen molar-refractivity contribution in [2.24, 2.45) is 16.3 Å². The molecule has 35 heavy (non-hydrogen) atoms. The van der Waals surface area contributed by atoms with E-state index in [1.165, 1.54) is 0 Å². The Bertz CT molecular complexity index is 1180. The minimum atomic E-state index is -0.711. The van der Waals surface area contributed by atoms with Gasteiger partial charge in [-0.2, -0.15) is 0 Å². The van der Waals surface area contributed by atoms with Crippen LogP contribution in [0.3, 0.4) is 0 Å². The van der Waals surface area contributed by atoms with Gasteiger partial charge in [0.05, 0.1) is 20.8 Å². The van der Waals surface area contributed by atoms with E-state index in [2.05, 4.69) is 13.8 Å². The minimum Gasteiger partial charge on any atom is -0.497 e. The van der Waals surface area contributed by atoms with Crippen molar-refractivity contribution in [3.63, 3.8) is 0 Å². The lowest BCUT2D eigenvalue weighted by molar-refractivity contribution is -0.146. The van der Waals surface area contributed by atoms with Crippen LogP contribution >= 0.6 is 0 Å². The van der Waals surface area contributed by atoms with Gasteiger partial charge in [-0.25, -0.2) is 0 Å². The molecule has 184 valence electrons. The predicted octanol–water partition coefficient (Wildman–Crippen LogP) is 5.31. The highest BCUT2D eigenvalue weighted by Gasteiger charge is 2.46. The van der Waals surface area contributed by atoms with E-state index in [0.717, 1.165) is 16.8 Å². The topological polar surface area (TPSA) is 74.2 Å². The van der Waals surface area contributed by atoms with Crippen LogP contribution in [0, 0.1) is 11.3 Å². The van der Waals surface area contributed by atoms with Crippen LogP contribution in [0.25, 0.3) is 0 Å². The molecule has 0 N–H and O–H groups in total. The van der Waals surface area contributed by atoms with E-state index < -0.39 is 11.8 Å². The number of nitrogens with zero attached hydrogens (tertiary/aromatic N) is 1. The standard InChI is InChI=1S/C29H33NO5/c1-18-25(28(32)35-14-13-19-9-7-6-8-10-19)26(21-12-11-20(33-4)15-24(21)34-5)27-22(30-18)16-29(2,3)17-23(27)31/h6-12,15,25-26H,13-14,16-17H2,1-5H3/t25?,26-/m1/s1. The second kappa shape index (κ2) is 10.1. The van der Waals surface area contributed by atoms with Gasteiger partial charge in [-0.15, -0.1) is 0 Å². The molecule has 2 aromatic carbocycles. The summed E-state index contributed by atoms with van der Waals surface area (Å²) in [5.41, 5.74) is 3.69.